The van der Waals surface area contributed by atoms with Gasteiger partial charge in [0.15, 0.2) is 6.61 Å². The highest BCUT2D eigenvalue weighted by Gasteiger charge is 2.29. The van der Waals surface area contributed by atoms with E-state index in [0.29, 0.717) is 21.5 Å². The molecule has 124 valence electrons. The van der Waals surface area contributed by atoms with Gasteiger partial charge in [0.25, 0.3) is 0 Å². The Morgan fingerprint density at radius 1 is 1.04 bits per heavy atom. The maximum atomic E-state index is 12.5. The van der Waals surface area contributed by atoms with Crippen LogP contribution in [0.25, 0.3) is 22.0 Å². The molecular weight excluding hydrogens is 339 g/mol. The molecule has 0 aliphatic heterocycles. The summed E-state index contributed by atoms with van der Waals surface area (Å²) < 4.78 is 42.6. The van der Waals surface area contributed by atoms with Crippen molar-refractivity contribution in [1.29, 1.82) is 0 Å². The first-order chi connectivity index (χ1) is 11.3. The Bertz CT molecular complexity index is 879. The molecule has 0 bridgehead atoms. The molecule has 2 aromatic carbocycles. The first-order valence-corrected chi connectivity index (χ1v) is 7.58. The van der Waals surface area contributed by atoms with E-state index in [1.165, 1.54) is 0 Å². The molecule has 0 amide bonds. The first-order valence-electron chi connectivity index (χ1n) is 7.20. The predicted octanol–water partition coefficient (Wildman–Crippen LogP) is 5.80. The largest absolute Gasteiger partial charge is 0.468 e. The minimum atomic E-state index is -4.43. The molecule has 0 unspecified atom stereocenters. The number of aromatic nitrogens is 1. The van der Waals surface area contributed by atoms with Crippen LogP contribution in [-0.4, -0.2) is 17.8 Å². The summed E-state index contributed by atoms with van der Waals surface area (Å²) in [5.74, 6) is -0.0524. The van der Waals surface area contributed by atoms with Gasteiger partial charge in [-0.25, -0.2) is 4.98 Å². The normalized spacial score (nSPS) is 11.7. The van der Waals surface area contributed by atoms with E-state index in [-0.39, 0.29) is 5.88 Å². The Hall–Kier alpha value is -2.27. The third-order valence-electron chi connectivity index (χ3n) is 3.60. The number of rotatable bonds is 3. The summed E-state index contributed by atoms with van der Waals surface area (Å²) in [5.41, 5.74) is 2.20. The molecule has 2 nitrogen and oxygen atoms in total. The lowest BCUT2D eigenvalue weighted by Crippen LogP contribution is -2.20. The summed E-state index contributed by atoms with van der Waals surface area (Å²) >= 11 is 6.05. The molecule has 0 saturated carbocycles. The summed E-state index contributed by atoms with van der Waals surface area (Å²) in [5, 5.41) is 1.71. The number of benzene rings is 2. The van der Waals surface area contributed by atoms with Gasteiger partial charge in [-0.2, -0.15) is 13.2 Å². The number of fused-ring (bicyclic) bond motifs is 1. The molecule has 0 saturated heterocycles. The van der Waals surface area contributed by atoms with Gasteiger partial charge < -0.3 is 4.74 Å². The maximum absolute atomic E-state index is 12.5. The van der Waals surface area contributed by atoms with Gasteiger partial charge in [0.2, 0.25) is 5.88 Å². The molecule has 0 aliphatic carbocycles. The number of alkyl halides is 3. The van der Waals surface area contributed by atoms with E-state index in [1.54, 1.807) is 18.2 Å². The van der Waals surface area contributed by atoms with Gasteiger partial charge in [-0.3, -0.25) is 0 Å². The van der Waals surface area contributed by atoms with Crippen molar-refractivity contribution in [2.24, 2.45) is 0 Å². The van der Waals surface area contributed by atoms with E-state index in [9.17, 15) is 13.2 Å². The second-order valence-corrected chi connectivity index (χ2v) is 5.79. The Morgan fingerprint density at radius 3 is 2.42 bits per heavy atom. The number of ether oxygens (including phenoxy) is 1. The average molecular weight is 352 g/mol. The fourth-order valence-electron chi connectivity index (χ4n) is 2.52. The maximum Gasteiger partial charge on any atom is 0.422 e. The van der Waals surface area contributed by atoms with Crippen LogP contribution in [0.3, 0.4) is 0 Å². The zero-order valence-electron chi connectivity index (χ0n) is 12.7. The van der Waals surface area contributed by atoms with Gasteiger partial charge in [-0.05, 0) is 36.1 Å². The van der Waals surface area contributed by atoms with Crippen LogP contribution in [0.4, 0.5) is 13.2 Å². The first kappa shape index (κ1) is 16.6. The Morgan fingerprint density at radius 2 is 1.75 bits per heavy atom. The van der Waals surface area contributed by atoms with Gasteiger partial charge in [0.05, 0.1) is 5.69 Å². The number of halogens is 4. The average Bonchev–Trinajstić information content (AvgIpc) is 2.54. The van der Waals surface area contributed by atoms with Crippen LogP contribution < -0.4 is 4.74 Å². The van der Waals surface area contributed by atoms with E-state index in [1.807, 2.05) is 37.3 Å². The number of hydrogen-bond donors (Lipinski definition) is 0. The third-order valence-corrected chi connectivity index (χ3v) is 3.84. The zero-order chi connectivity index (χ0) is 17.3. The van der Waals surface area contributed by atoms with E-state index >= 15 is 0 Å². The van der Waals surface area contributed by atoms with E-state index in [0.717, 1.165) is 11.1 Å². The fourth-order valence-corrected chi connectivity index (χ4v) is 2.70. The van der Waals surface area contributed by atoms with Crippen LogP contribution in [0, 0.1) is 6.92 Å². The molecule has 0 fully saturated rings. The Labute approximate surface area is 141 Å². The summed E-state index contributed by atoms with van der Waals surface area (Å²) in [6.45, 7) is 0.469. The topological polar surface area (TPSA) is 22.1 Å². The highest BCUT2D eigenvalue weighted by molar-refractivity contribution is 6.31. The van der Waals surface area contributed by atoms with Crippen molar-refractivity contribution >= 4 is 22.4 Å². The number of pyridine rings is 1. The minimum Gasteiger partial charge on any atom is -0.468 e. The molecule has 0 aliphatic rings. The molecule has 0 spiro atoms. The second-order valence-electron chi connectivity index (χ2n) is 5.35. The van der Waals surface area contributed by atoms with Crippen molar-refractivity contribution in [1.82, 2.24) is 4.98 Å². The van der Waals surface area contributed by atoms with Crippen molar-refractivity contribution in [3.8, 4) is 17.1 Å². The minimum absolute atomic E-state index is 0.0524. The second kappa shape index (κ2) is 6.32. The van der Waals surface area contributed by atoms with Gasteiger partial charge in [-0.15, -0.1) is 0 Å². The molecule has 0 radical (unpaired) electrons. The van der Waals surface area contributed by atoms with Gasteiger partial charge in [0.1, 0.15) is 0 Å². The van der Waals surface area contributed by atoms with Crippen molar-refractivity contribution in [2.75, 3.05) is 6.61 Å². The molecule has 6 heteroatoms. The van der Waals surface area contributed by atoms with Crippen molar-refractivity contribution in [2.45, 2.75) is 13.1 Å². The van der Waals surface area contributed by atoms with Crippen LogP contribution >= 0.6 is 11.6 Å². The van der Waals surface area contributed by atoms with Crippen LogP contribution in [-0.2, 0) is 0 Å². The highest BCUT2D eigenvalue weighted by atomic mass is 35.5. The van der Waals surface area contributed by atoms with E-state index < -0.39 is 12.8 Å². The molecule has 3 aromatic rings. The molecule has 24 heavy (non-hydrogen) atoms. The summed E-state index contributed by atoms with van der Waals surface area (Å²) in [4.78, 5) is 4.34. The van der Waals surface area contributed by atoms with Crippen molar-refractivity contribution < 1.29 is 17.9 Å². The molecule has 1 heterocycles. The summed E-state index contributed by atoms with van der Waals surface area (Å²) in [6, 6.07) is 14.2. The molecule has 1 aromatic heterocycles. The van der Waals surface area contributed by atoms with E-state index in [4.69, 9.17) is 16.3 Å². The van der Waals surface area contributed by atoms with Crippen LogP contribution in [0.5, 0.6) is 5.88 Å². The monoisotopic (exact) mass is 351 g/mol. The lowest BCUT2D eigenvalue weighted by atomic mass is 10.0. The smallest absolute Gasteiger partial charge is 0.422 e. The number of hydrogen-bond acceptors (Lipinski definition) is 2. The zero-order valence-corrected chi connectivity index (χ0v) is 13.4. The number of aryl methyl sites for hydroxylation is 1. The predicted molar refractivity (Wildman–Crippen MR) is 88.5 cm³/mol. The third kappa shape index (κ3) is 3.46. The highest BCUT2D eigenvalue weighted by Crippen LogP contribution is 2.35. The van der Waals surface area contributed by atoms with E-state index in [2.05, 4.69) is 4.98 Å². The lowest BCUT2D eigenvalue weighted by Gasteiger charge is -2.15. The number of nitrogens with zero attached hydrogens (tertiary/aromatic N) is 1. The van der Waals surface area contributed by atoms with Crippen molar-refractivity contribution in [3.05, 3.63) is 59.1 Å². The molecule has 0 atom stereocenters. The van der Waals surface area contributed by atoms with Crippen LogP contribution in [0.2, 0.25) is 5.02 Å². The Balaban J connectivity index is 2.20. The summed E-state index contributed by atoms with van der Waals surface area (Å²) in [6.07, 6.45) is -4.43. The Kier molecular flexibility index (Phi) is 4.37. The SMILES string of the molecule is Cc1c(-c2ccccc2)nc(OCC(F)(F)F)c2ccc(Cl)cc12. The van der Waals surface area contributed by atoms with Gasteiger partial charge in [-0.1, -0.05) is 41.9 Å². The van der Waals surface area contributed by atoms with Crippen LogP contribution in [0.15, 0.2) is 48.5 Å². The molecule has 0 N–H and O–H groups in total. The quantitative estimate of drug-likeness (QED) is 0.594. The lowest BCUT2D eigenvalue weighted by molar-refractivity contribution is -0.153. The standard InChI is InChI=1S/C18H13ClF3NO/c1-11-15-9-13(19)7-8-14(15)17(24-10-18(20,21)22)23-16(11)12-5-3-2-4-6-12/h2-9H,10H2,1H3. The molecular formula is C18H13ClF3NO. The van der Waals surface area contributed by atoms with Gasteiger partial charge in [0, 0.05) is 16.0 Å². The fraction of sp³-hybridized carbons (Fsp3) is 0.167. The molecule has 3 rings (SSSR count). The van der Waals surface area contributed by atoms with Crippen molar-refractivity contribution in [3.63, 3.8) is 0 Å². The van der Waals surface area contributed by atoms with Gasteiger partial charge >= 0.3 is 6.18 Å². The summed E-state index contributed by atoms with van der Waals surface area (Å²) in [7, 11) is 0. The van der Waals surface area contributed by atoms with Crippen LogP contribution in [0.1, 0.15) is 5.56 Å².